The Balaban J connectivity index is 1.81. The Morgan fingerprint density at radius 1 is 1.07 bits per heavy atom. The zero-order valence-electron chi connectivity index (χ0n) is 15.1. The molecule has 3 rings (SSSR count). The average molecular weight is 384 g/mol. The molecule has 5 nitrogen and oxygen atoms in total. The minimum absolute atomic E-state index is 0.00623. The molecule has 27 heavy (non-hydrogen) atoms. The standard InChI is InChI=1S/C21H18ClNO4/c1-12-10-17(20(26-3)11-16(12)22)23-21(25)19-9-8-18(27-19)15-6-4-14(5-7-15)13(2)24/h4-11H,1-3H3,(H,23,25). The van der Waals surface area contributed by atoms with Gasteiger partial charge in [0.25, 0.3) is 5.91 Å². The third-order valence-electron chi connectivity index (χ3n) is 4.13. The number of hydrogen-bond donors (Lipinski definition) is 1. The lowest BCUT2D eigenvalue weighted by Crippen LogP contribution is -2.12. The van der Waals surface area contributed by atoms with Crippen molar-refractivity contribution >= 4 is 29.0 Å². The maximum absolute atomic E-state index is 12.5. The van der Waals surface area contributed by atoms with Crippen molar-refractivity contribution in [2.45, 2.75) is 13.8 Å². The molecule has 0 fully saturated rings. The van der Waals surface area contributed by atoms with Crippen molar-refractivity contribution in [2.75, 3.05) is 12.4 Å². The van der Waals surface area contributed by atoms with E-state index in [0.717, 1.165) is 11.1 Å². The van der Waals surface area contributed by atoms with E-state index in [4.69, 9.17) is 20.8 Å². The number of carbonyl (C=O) groups is 2. The zero-order valence-corrected chi connectivity index (χ0v) is 15.9. The highest BCUT2D eigenvalue weighted by molar-refractivity contribution is 6.31. The van der Waals surface area contributed by atoms with Gasteiger partial charge in [-0.25, -0.2) is 0 Å². The van der Waals surface area contributed by atoms with Crippen LogP contribution in [0.5, 0.6) is 5.75 Å². The first-order chi connectivity index (χ1) is 12.9. The zero-order chi connectivity index (χ0) is 19.6. The SMILES string of the molecule is COc1cc(Cl)c(C)cc1NC(=O)c1ccc(-c2ccc(C(C)=O)cc2)o1. The number of halogens is 1. The molecule has 0 radical (unpaired) electrons. The third-order valence-corrected chi connectivity index (χ3v) is 4.54. The van der Waals surface area contributed by atoms with E-state index in [9.17, 15) is 9.59 Å². The summed E-state index contributed by atoms with van der Waals surface area (Å²) in [5.41, 5.74) is 2.72. The van der Waals surface area contributed by atoms with Crippen molar-refractivity contribution in [1.29, 1.82) is 0 Å². The normalized spacial score (nSPS) is 10.5. The first-order valence-corrected chi connectivity index (χ1v) is 8.63. The van der Waals surface area contributed by atoms with E-state index in [2.05, 4.69) is 5.32 Å². The van der Waals surface area contributed by atoms with Crippen LogP contribution in [0.15, 0.2) is 52.9 Å². The summed E-state index contributed by atoms with van der Waals surface area (Å²) in [5.74, 6) is 0.755. The van der Waals surface area contributed by atoms with Gasteiger partial charge in [0.1, 0.15) is 11.5 Å². The van der Waals surface area contributed by atoms with Crippen LogP contribution < -0.4 is 10.1 Å². The van der Waals surface area contributed by atoms with Crippen LogP contribution in [0.4, 0.5) is 5.69 Å². The van der Waals surface area contributed by atoms with E-state index < -0.39 is 5.91 Å². The van der Waals surface area contributed by atoms with Gasteiger partial charge in [-0.05, 0) is 37.6 Å². The Hall–Kier alpha value is -3.05. The van der Waals surface area contributed by atoms with E-state index >= 15 is 0 Å². The second-order valence-corrected chi connectivity index (χ2v) is 6.46. The van der Waals surface area contributed by atoms with Gasteiger partial charge in [0, 0.05) is 22.2 Å². The van der Waals surface area contributed by atoms with Crippen molar-refractivity contribution in [1.82, 2.24) is 0 Å². The number of benzene rings is 2. The molecule has 0 aliphatic carbocycles. The molecule has 0 aliphatic heterocycles. The second-order valence-electron chi connectivity index (χ2n) is 6.05. The van der Waals surface area contributed by atoms with Crippen molar-refractivity contribution < 1.29 is 18.7 Å². The quantitative estimate of drug-likeness (QED) is 0.601. The largest absolute Gasteiger partial charge is 0.495 e. The van der Waals surface area contributed by atoms with Crippen LogP contribution in [-0.4, -0.2) is 18.8 Å². The summed E-state index contributed by atoms with van der Waals surface area (Å²) in [6.45, 7) is 3.35. The lowest BCUT2D eigenvalue weighted by Gasteiger charge is -2.11. The molecular weight excluding hydrogens is 366 g/mol. The van der Waals surface area contributed by atoms with E-state index in [1.165, 1.54) is 14.0 Å². The van der Waals surface area contributed by atoms with E-state index in [-0.39, 0.29) is 11.5 Å². The van der Waals surface area contributed by atoms with Crippen LogP contribution in [0.1, 0.15) is 33.4 Å². The lowest BCUT2D eigenvalue weighted by molar-refractivity contribution is 0.0994. The van der Waals surface area contributed by atoms with E-state index in [0.29, 0.717) is 27.8 Å². The monoisotopic (exact) mass is 383 g/mol. The molecule has 2 aromatic carbocycles. The van der Waals surface area contributed by atoms with E-state index in [1.807, 2.05) is 6.92 Å². The first kappa shape index (κ1) is 18.7. The summed E-state index contributed by atoms with van der Waals surface area (Å²) in [6.07, 6.45) is 0. The van der Waals surface area contributed by atoms with Gasteiger partial charge < -0.3 is 14.5 Å². The van der Waals surface area contributed by atoms with E-state index in [1.54, 1.807) is 48.5 Å². The Kier molecular flexibility index (Phi) is 5.33. The number of methoxy groups -OCH3 is 1. The maximum atomic E-state index is 12.5. The first-order valence-electron chi connectivity index (χ1n) is 8.25. The number of anilines is 1. The van der Waals surface area contributed by atoms with Crippen LogP contribution in [0, 0.1) is 6.92 Å². The number of furan rings is 1. The molecule has 1 amide bonds. The Labute approximate surface area is 161 Å². The minimum Gasteiger partial charge on any atom is -0.495 e. The van der Waals surface area contributed by atoms with Gasteiger partial charge >= 0.3 is 0 Å². The number of nitrogens with one attached hydrogen (secondary N) is 1. The Bertz CT molecular complexity index is 1010. The van der Waals surface area contributed by atoms with Crippen molar-refractivity contribution in [2.24, 2.45) is 0 Å². The Morgan fingerprint density at radius 2 is 1.78 bits per heavy atom. The van der Waals surface area contributed by atoms with Gasteiger partial charge in [0.15, 0.2) is 11.5 Å². The number of ketones is 1. The molecule has 6 heteroatoms. The van der Waals surface area contributed by atoms with Gasteiger partial charge in [0.05, 0.1) is 12.8 Å². The summed E-state index contributed by atoms with van der Waals surface area (Å²) in [5, 5.41) is 3.33. The number of amides is 1. The molecule has 0 aliphatic rings. The third kappa shape index (κ3) is 4.04. The molecular formula is C21H18ClNO4. The summed E-state index contributed by atoms with van der Waals surface area (Å²) in [4.78, 5) is 23.9. The van der Waals surface area contributed by atoms with Gasteiger partial charge in [-0.2, -0.15) is 0 Å². The second kappa shape index (κ2) is 7.68. The smallest absolute Gasteiger partial charge is 0.291 e. The number of hydrogen-bond acceptors (Lipinski definition) is 4. The fourth-order valence-corrected chi connectivity index (χ4v) is 2.75. The lowest BCUT2D eigenvalue weighted by atomic mass is 10.1. The van der Waals surface area contributed by atoms with Crippen LogP contribution >= 0.6 is 11.6 Å². The number of rotatable bonds is 5. The van der Waals surface area contributed by atoms with Crippen LogP contribution in [0.25, 0.3) is 11.3 Å². The van der Waals surface area contributed by atoms with Crippen molar-refractivity contribution in [3.05, 3.63) is 70.4 Å². The van der Waals surface area contributed by atoms with Gasteiger partial charge in [0.2, 0.25) is 0 Å². The number of carbonyl (C=O) groups excluding carboxylic acids is 2. The summed E-state index contributed by atoms with van der Waals surface area (Å²) in [7, 11) is 1.51. The molecule has 1 heterocycles. The molecule has 0 atom stereocenters. The van der Waals surface area contributed by atoms with Gasteiger partial charge in [-0.15, -0.1) is 0 Å². The fraction of sp³-hybridized carbons (Fsp3) is 0.143. The fourth-order valence-electron chi connectivity index (χ4n) is 2.60. The number of Topliss-reactive ketones (excluding diaryl/α,β-unsaturated/α-hetero) is 1. The number of ether oxygens (including phenoxy) is 1. The highest BCUT2D eigenvalue weighted by Crippen LogP contribution is 2.31. The summed E-state index contributed by atoms with van der Waals surface area (Å²) >= 11 is 6.09. The molecule has 0 saturated carbocycles. The highest BCUT2D eigenvalue weighted by atomic mass is 35.5. The van der Waals surface area contributed by atoms with Gasteiger partial charge in [-0.3, -0.25) is 9.59 Å². The predicted octanol–water partition coefficient (Wildman–Crippen LogP) is 5.37. The molecule has 3 aromatic rings. The average Bonchev–Trinajstić information content (AvgIpc) is 3.15. The van der Waals surface area contributed by atoms with Crippen LogP contribution in [-0.2, 0) is 0 Å². The highest BCUT2D eigenvalue weighted by Gasteiger charge is 2.16. The van der Waals surface area contributed by atoms with Crippen LogP contribution in [0.3, 0.4) is 0 Å². The molecule has 0 bridgehead atoms. The molecule has 1 aromatic heterocycles. The van der Waals surface area contributed by atoms with Crippen molar-refractivity contribution in [3.63, 3.8) is 0 Å². The molecule has 0 unspecified atom stereocenters. The minimum atomic E-state index is -0.401. The molecule has 138 valence electrons. The maximum Gasteiger partial charge on any atom is 0.291 e. The molecule has 0 spiro atoms. The van der Waals surface area contributed by atoms with Crippen molar-refractivity contribution in [3.8, 4) is 17.1 Å². The summed E-state index contributed by atoms with van der Waals surface area (Å²) < 4.78 is 10.9. The molecule has 0 saturated heterocycles. The summed E-state index contributed by atoms with van der Waals surface area (Å²) in [6, 6.07) is 13.7. The molecule has 1 N–H and O–H groups in total. The number of aryl methyl sites for hydroxylation is 1. The Morgan fingerprint density at radius 3 is 2.41 bits per heavy atom. The topological polar surface area (TPSA) is 68.5 Å². The van der Waals surface area contributed by atoms with Gasteiger partial charge in [-0.1, -0.05) is 35.9 Å². The van der Waals surface area contributed by atoms with Crippen LogP contribution in [0.2, 0.25) is 5.02 Å². The predicted molar refractivity (Wildman–Crippen MR) is 105 cm³/mol.